The summed E-state index contributed by atoms with van der Waals surface area (Å²) in [6.07, 6.45) is 0.197. The minimum Gasteiger partial charge on any atom is -0.497 e. The van der Waals surface area contributed by atoms with E-state index >= 15 is 0 Å². The largest absolute Gasteiger partial charge is 0.497 e. The van der Waals surface area contributed by atoms with Gasteiger partial charge in [0, 0.05) is 16.5 Å². The van der Waals surface area contributed by atoms with Crippen LogP contribution in [-0.2, 0) is 6.42 Å². The molecule has 0 aromatic heterocycles. The summed E-state index contributed by atoms with van der Waals surface area (Å²) >= 11 is 3.41. The second-order valence-corrected chi connectivity index (χ2v) is 5.37. The van der Waals surface area contributed by atoms with Crippen LogP contribution >= 0.6 is 15.9 Å². The molecule has 20 heavy (non-hydrogen) atoms. The molecule has 2 rings (SSSR count). The summed E-state index contributed by atoms with van der Waals surface area (Å²) < 4.78 is 19.2. The van der Waals surface area contributed by atoms with Gasteiger partial charge in [-0.3, -0.25) is 4.79 Å². The summed E-state index contributed by atoms with van der Waals surface area (Å²) in [7, 11) is 1.57. The Balaban J connectivity index is 2.30. The highest BCUT2D eigenvalue weighted by atomic mass is 79.9. The monoisotopic (exact) mass is 336 g/mol. The van der Waals surface area contributed by atoms with Crippen molar-refractivity contribution in [1.82, 2.24) is 0 Å². The summed E-state index contributed by atoms with van der Waals surface area (Å²) in [5.41, 5.74) is 2.01. The maximum atomic E-state index is 13.3. The number of aryl methyl sites for hydroxylation is 1. The van der Waals surface area contributed by atoms with Crippen LogP contribution in [0.1, 0.15) is 21.5 Å². The summed E-state index contributed by atoms with van der Waals surface area (Å²) in [6.45, 7) is 1.80. The maximum absolute atomic E-state index is 13.3. The van der Waals surface area contributed by atoms with E-state index in [1.807, 2.05) is 12.1 Å². The molecule has 0 radical (unpaired) electrons. The van der Waals surface area contributed by atoms with Gasteiger partial charge >= 0.3 is 0 Å². The number of Topliss-reactive ketones (excluding diaryl/α,β-unsaturated/α-hetero) is 1. The highest BCUT2D eigenvalue weighted by Gasteiger charge is 2.13. The lowest BCUT2D eigenvalue weighted by molar-refractivity contribution is 0.0991. The molecule has 0 fully saturated rings. The van der Waals surface area contributed by atoms with E-state index in [4.69, 9.17) is 4.74 Å². The summed E-state index contributed by atoms with van der Waals surface area (Å²) in [6, 6.07) is 9.70. The van der Waals surface area contributed by atoms with Gasteiger partial charge in [-0.05, 0) is 48.4 Å². The third kappa shape index (κ3) is 3.25. The Kier molecular flexibility index (Phi) is 4.55. The van der Waals surface area contributed by atoms with Crippen molar-refractivity contribution in [2.24, 2.45) is 0 Å². The standard InChI is InChI=1S/C16H14BrFO2/c1-10-3-4-12(18)9-14(10)16(19)8-11-7-13(20-2)5-6-15(11)17/h3-7,9H,8H2,1-2H3. The second kappa shape index (κ2) is 6.18. The SMILES string of the molecule is COc1ccc(Br)c(CC(=O)c2cc(F)ccc2C)c1. The molecule has 104 valence electrons. The molecule has 2 aromatic carbocycles. The molecule has 0 atom stereocenters. The number of hydrogen-bond donors (Lipinski definition) is 0. The number of rotatable bonds is 4. The fourth-order valence-electron chi connectivity index (χ4n) is 1.98. The zero-order chi connectivity index (χ0) is 14.7. The van der Waals surface area contributed by atoms with E-state index in [1.165, 1.54) is 12.1 Å². The molecule has 0 N–H and O–H groups in total. The van der Waals surface area contributed by atoms with E-state index in [0.29, 0.717) is 11.3 Å². The Morgan fingerprint density at radius 3 is 2.70 bits per heavy atom. The van der Waals surface area contributed by atoms with Crippen LogP contribution in [0.15, 0.2) is 40.9 Å². The topological polar surface area (TPSA) is 26.3 Å². The van der Waals surface area contributed by atoms with Gasteiger partial charge in [0.15, 0.2) is 5.78 Å². The highest BCUT2D eigenvalue weighted by Crippen LogP contribution is 2.24. The molecular weight excluding hydrogens is 323 g/mol. The third-order valence-corrected chi connectivity index (χ3v) is 3.88. The van der Waals surface area contributed by atoms with E-state index < -0.39 is 5.82 Å². The number of carbonyl (C=O) groups is 1. The van der Waals surface area contributed by atoms with Crippen LogP contribution < -0.4 is 4.74 Å². The predicted octanol–water partition coefficient (Wildman–Crippen LogP) is 4.33. The summed E-state index contributed by atoms with van der Waals surface area (Å²) in [4.78, 5) is 12.3. The first-order valence-electron chi connectivity index (χ1n) is 6.13. The average Bonchev–Trinajstić information content (AvgIpc) is 2.43. The van der Waals surface area contributed by atoms with Crippen molar-refractivity contribution in [3.63, 3.8) is 0 Å². The maximum Gasteiger partial charge on any atom is 0.167 e. The van der Waals surface area contributed by atoms with Crippen LogP contribution in [0.3, 0.4) is 0 Å². The number of hydrogen-bond acceptors (Lipinski definition) is 2. The molecule has 0 spiro atoms. The number of halogens is 2. The van der Waals surface area contributed by atoms with Gasteiger partial charge in [-0.15, -0.1) is 0 Å². The molecule has 4 heteroatoms. The van der Waals surface area contributed by atoms with Crippen LogP contribution in [-0.4, -0.2) is 12.9 Å². The molecule has 0 aliphatic carbocycles. The first kappa shape index (κ1) is 14.7. The minimum atomic E-state index is -0.399. The molecular formula is C16H14BrFO2. The number of methoxy groups -OCH3 is 1. The van der Waals surface area contributed by atoms with E-state index in [-0.39, 0.29) is 12.2 Å². The fourth-order valence-corrected chi connectivity index (χ4v) is 2.36. The Labute approximate surface area is 125 Å². The average molecular weight is 337 g/mol. The van der Waals surface area contributed by atoms with Crippen molar-refractivity contribution in [2.45, 2.75) is 13.3 Å². The van der Waals surface area contributed by atoms with Crippen LogP contribution in [0.4, 0.5) is 4.39 Å². The van der Waals surface area contributed by atoms with Gasteiger partial charge in [-0.2, -0.15) is 0 Å². The van der Waals surface area contributed by atoms with Crippen molar-refractivity contribution < 1.29 is 13.9 Å². The van der Waals surface area contributed by atoms with Crippen molar-refractivity contribution >= 4 is 21.7 Å². The lowest BCUT2D eigenvalue weighted by atomic mass is 9.99. The van der Waals surface area contributed by atoms with Crippen molar-refractivity contribution in [1.29, 1.82) is 0 Å². The van der Waals surface area contributed by atoms with Crippen molar-refractivity contribution in [2.75, 3.05) is 7.11 Å². The van der Waals surface area contributed by atoms with E-state index in [2.05, 4.69) is 15.9 Å². The number of ketones is 1. The Morgan fingerprint density at radius 2 is 2.00 bits per heavy atom. The normalized spacial score (nSPS) is 10.4. The highest BCUT2D eigenvalue weighted by molar-refractivity contribution is 9.10. The van der Waals surface area contributed by atoms with Crippen LogP contribution in [0.25, 0.3) is 0 Å². The van der Waals surface area contributed by atoms with Gasteiger partial charge in [0.05, 0.1) is 7.11 Å². The first-order valence-corrected chi connectivity index (χ1v) is 6.92. The van der Waals surface area contributed by atoms with Gasteiger partial charge in [0.25, 0.3) is 0 Å². The second-order valence-electron chi connectivity index (χ2n) is 4.52. The van der Waals surface area contributed by atoms with Crippen LogP contribution in [0.5, 0.6) is 5.75 Å². The number of benzene rings is 2. The zero-order valence-electron chi connectivity index (χ0n) is 11.2. The quantitative estimate of drug-likeness (QED) is 0.776. The van der Waals surface area contributed by atoms with Gasteiger partial charge in [0.1, 0.15) is 11.6 Å². The minimum absolute atomic E-state index is 0.115. The van der Waals surface area contributed by atoms with Crippen molar-refractivity contribution in [3.8, 4) is 5.75 Å². The van der Waals surface area contributed by atoms with Gasteiger partial charge in [-0.25, -0.2) is 4.39 Å². The Morgan fingerprint density at radius 1 is 1.25 bits per heavy atom. The molecule has 0 saturated heterocycles. The smallest absolute Gasteiger partial charge is 0.167 e. The number of ether oxygens (including phenoxy) is 1. The predicted molar refractivity (Wildman–Crippen MR) is 79.9 cm³/mol. The molecule has 0 unspecified atom stereocenters. The van der Waals surface area contributed by atoms with Gasteiger partial charge < -0.3 is 4.74 Å². The Hall–Kier alpha value is -1.68. The molecule has 0 saturated carbocycles. The first-order chi connectivity index (χ1) is 9.51. The van der Waals surface area contributed by atoms with E-state index in [9.17, 15) is 9.18 Å². The van der Waals surface area contributed by atoms with Crippen LogP contribution in [0.2, 0.25) is 0 Å². The molecule has 2 nitrogen and oxygen atoms in total. The molecule has 0 amide bonds. The zero-order valence-corrected chi connectivity index (χ0v) is 12.8. The van der Waals surface area contributed by atoms with E-state index in [1.54, 1.807) is 26.2 Å². The molecule has 2 aromatic rings. The summed E-state index contributed by atoms with van der Waals surface area (Å²) in [5.74, 6) is 0.173. The number of carbonyl (C=O) groups excluding carboxylic acids is 1. The van der Waals surface area contributed by atoms with Crippen molar-refractivity contribution in [3.05, 3.63) is 63.4 Å². The third-order valence-electron chi connectivity index (χ3n) is 3.10. The van der Waals surface area contributed by atoms with Gasteiger partial charge in [0.2, 0.25) is 0 Å². The van der Waals surface area contributed by atoms with Crippen LogP contribution in [0, 0.1) is 12.7 Å². The molecule has 0 heterocycles. The lowest BCUT2D eigenvalue weighted by Gasteiger charge is -2.08. The Bertz CT molecular complexity index is 653. The molecule has 0 aliphatic rings. The molecule has 0 bridgehead atoms. The lowest BCUT2D eigenvalue weighted by Crippen LogP contribution is -2.07. The molecule has 0 aliphatic heterocycles. The van der Waals surface area contributed by atoms with Gasteiger partial charge in [-0.1, -0.05) is 22.0 Å². The summed E-state index contributed by atoms with van der Waals surface area (Å²) in [5, 5.41) is 0. The fraction of sp³-hybridized carbons (Fsp3) is 0.188. The van der Waals surface area contributed by atoms with E-state index in [0.717, 1.165) is 15.6 Å².